The van der Waals surface area contributed by atoms with Crippen LogP contribution in [0, 0.1) is 0 Å². The average Bonchev–Trinajstić information content (AvgIpc) is 3.15. The minimum atomic E-state index is -1.84. The van der Waals surface area contributed by atoms with Crippen LogP contribution in [0.4, 0.5) is 17.1 Å². The summed E-state index contributed by atoms with van der Waals surface area (Å²) in [5.41, 5.74) is 0.441. The molecule has 286 valence electrons. The first-order chi connectivity index (χ1) is 25.2. The van der Waals surface area contributed by atoms with Crippen LogP contribution in [0.3, 0.4) is 0 Å². The summed E-state index contributed by atoms with van der Waals surface area (Å²) in [5.74, 6) is -10.9. The van der Waals surface area contributed by atoms with E-state index in [1.54, 1.807) is 55.6 Å². The summed E-state index contributed by atoms with van der Waals surface area (Å²) in [6, 6.07) is 19.0. The molecule has 3 aromatic carbocycles. The molecule has 3 rings (SSSR count). The average molecular weight is 732 g/mol. The molecule has 0 radical (unpaired) electrons. The van der Waals surface area contributed by atoms with Crippen molar-refractivity contribution in [3.8, 4) is 0 Å². The van der Waals surface area contributed by atoms with Crippen LogP contribution in [0.5, 0.6) is 0 Å². The molecule has 0 atom stereocenters. The highest BCUT2D eigenvalue weighted by atomic mass is 16.4. The minimum absolute atomic E-state index is 0.275. The molecular weight excluding hydrogens is 690 g/mol. The fraction of sp³-hybridized carbons (Fsp3) is 0.211. The van der Waals surface area contributed by atoms with Crippen LogP contribution >= 0.6 is 0 Å². The fourth-order valence-corrected chi connectivity index (χ4v) is 3.49. The van der Waals surface area contributed by atoms with Gasteiger partial charge in [0.25, 0.3) is 0 Å². The lowest BCUT2D eigenvalue weighted by Crippen LogP contribution is -2.36. The molecule has 0 heterocycles. The maximum atomic E-state index is 10.7. The van der Waals surface area contributed by atoms with E-state index in [0.29, 0.717) is 28.1 Å². The summed E-state index contributed by atoms with van der Waals surface area (Å²) in [7, 11) is 1.73. The van der Waals surface area contributed by atoms with Gasteiger partial charge in [0.2, 0.25) is 0 Å². The predicted octanol–water partition coefficient (Wildman–Crippen LogP) is -1.38. The molecule has 0 aromatic heterocycles. The number of nitrogens with one attached hydrogen (secondary N) is 3. The largest absolute Gasteiger partial charge is 0.545 e. The SMILES string of the molecule is CC.CC.CC.CNc1ccc(C=C(C(=O)[O-])C(=O)[O-])cc1.O=C([O-])C(=Cc1ccc(NCNc2ccc(C=C(C(=O)[O-])C(=O)[O-])cc2)cc1)C(=O)[O-]. The monoisotopic (exact) mass is 731 g/mol. The van der Waals surface area contributed by atoms with Gasteiger partial charge in [0.1, 0.15) is 0 Å². The van der Waals surface area contributed by atoms with E-state index in [9.17, 15) is 59.4 Å². The maximum Gasteiger partial charge on any atom is 0.0849 e. The van der Waals surface area contributed by atoms with E-state index in [1.807, 2.05) is 41.5 Å². The van der Waals surface area contributed by atoms with Crippen molar-refractivity contribution in [1.29, 1.82) is 0 Å². The van der Waals surface area contributed by atoms with Gasteiger partial charge in [0.15, 0.2) is 0 Å². The van der Waals surface area contributed by atoms with Gasteiger partial charge < -0.3 is 75.4 Å². The molecule has 3 aromatic rings. The quantitative estimate of drug-likeness (QED) is 0.0746. The van der Waals surface area contributed by atoms with E-state index < -0.39 is 52.5 Å². The van der Waals surface area contributed by atoms with Gasteiger partial charge in [-0.2, -0.15) is 0 Å². The number of carboxylic acid groups (broad SMARTS) is 6. The topological polar surface area (TPSA) is 277 Å². The molecule has 0 saturated heterocycles. The first-order valence-corrected chi connectivity index (χ1v) is 16.1. The van der Waals surface area contributed by atoms with Crippen molar-refractivity contribution >= 4 is 71.1 Å². The molecule has 0 bridgehead atoms. The van der Waals surface area contributed by atoms with E-state index >= 15 is 0 Å². The highest BCUT2D eigenvalue weighted by molar-refractivity contribution is 6.15. The molecule has 0 spiro atoms. The highest BCUT2D eigenvalue weighted by Gasteiger charge is 2.03. The van der Waals surface area contributed by atoms with E-state index in [0.717, 1.165) is 23.9 Å². The smallest absolute Gasteiger partial charge is 0.0849 e. The Morgan fingerprint density at radius 1 is 0.415 bits per heavy atom. The lowest BCUT2D eigenvalue weighted by Gasteiger charge is -2.12. The van der Waals surface area contributed by atoms with Crippen molar-refractivity contribution in [1.82, 2.24) is 0 Å². The van der Waals surface area contributed by atoms with Crippen LogP contribution in [0.2, 0.25) is 0 Å². The number of carboxylic acids is 6. The Labute approximate surface area is 307 Å². The highest BCUT2D eigenvalue weighted by Crippen LogP contribution is 2.15. The van der Waals surface area contributed by atoms with Crippen molar-refractivity contribution in [2.75, 3.05) is 29.7 Å². The third kappa shape index (κ3) is 18.6. The molecule has 15 heteroatoms. The molecule has 0 aliphatic carbocycles. The van der Waals surface area contributed by atoms with E-state index in [4.69, 9.17) is 0 Å². The summed E-state index contributed by atoms with van der Waals surface area (Å²) >= 11 is 0. The summed E-state index contributed by atoms with van der Waals surface area (Å²) in [5, 5.41) is 72.8. The van der Waals surface area contributed by atoms with Crippen molar-refractivity contribution in [2.24, 2.45) is 0 Å². The van der Waals surface area contributed by atoms with Crippen molar-refractivity contribution in [3.63, 3.8) is 0 Å². The molecule has 3 N–H and O–H groups in total. The number of carbonyl (C=O) groups excluding carboxylic acids is 6. The molecule has 15 nitrogen and oxygen atoms in total. The van der Waals surface area contributed by atoms with Gasteiger partial charge in [-0.05, 0) is 71.3 Å². The number of anilines is 3. The second-order valence-electron chi connectivity index (χ2n) is 9.05. The molecular formula is C38H41N3O12-6. The summed E-state index contributed by atoms with van der Waals surface area (Å²) in [6.07, 6.45) is 2.84. The van der Waals surface area contributed by atoms with Gasteiger partial charge in [-0.1, -0.05) is 77.9 Å². The van der Waals surface area contributed by atoms with Gasteiger partial charge in [0, 0.05) is 40.8 Å². The lowest BCUT2D eigenvalue weighted by molar-refractivity contribution is -0.314. The van der Waals surface area contributed by atoms with Gasteiger partial charge in [0.05, 0.1) is 42.5 Å². The summed E-state index contributed by atoms with van der Waals surface area (Å²) < 4.78 is 0. The van der Waals surface area contributed by atoms with Gasteiger partial charge in [-0.3, -0.25) is 0 Å². The normalized spacial score (nSPS) is 8.89. The Hall–Kier alpha value is -6.90. The minimum Gasteiger partial charge on any atom is -0.545 e. The Morgan fingerprint density at radius 2 is 0.623 bits per heavy atom. The molecule has 0 aliphatic heterocycles. The van der Waals surface area contributed by atoms with Crippen LogP contribution in [0.1, 0.15) is 58.2 Å². The van der Waals surface area contributed by atoms with Crippen LogP contribution in [0.15, 0.2) is 89.5 Å². The zero-order valence-corrected chi connectivity index (χ0v) is 30.3. The Morgan fingerprint density at radius 3 is 0.811 bits per heavy atom. The second-order valence-corrected chi connectivity index (χ2v) is 9.05. The van der Waals surface area contributed by atoms with Crippen molar-refractivity contribution in [3.05, 3.63) is 106 Å². The summed E-state index contributed by atoms with van der Waals surface area (Å²) in [4.78, 5) is 63.9. The first-order valence-electron chi connectivity index (χ1n) is 16.1. The Kier molecular flexibility index (Phi) is 24.5. The van der Waals surface area contributed by atoms with Crippen LogP contribution < -0.4 is 46.6 Å². The zero-order valence-electron chi connectivity index (χ0n) is 30.3. The second kappa shape index (κ2) is 26.9. The summed E-state index contributed by atoms with van der Waals surface area (Å²) in [6.45, 7) is 12.3. The van der Waals surface area contributed by atoms with Gasteiger partial charge >= 0.3 is 0 Å². The van der Waals surface area contributed by atoms with Crippen molar-refractivity contribution < 1.29 is 59.4 Å². The van der Waals surface area contributed by atoms with E-state index in [2.05, 4.69) is 16.0 Å². The van der Waals surface area contributed by atoms with Crippen LogP contribution in [-0.4, -0.2) is 49.5 Å². The molecule has 53 heavy (non-hydrogen) atoms. The number of aliphatic carboxylic acids is 6. The number of carbonyl (C=O) groups is 6. The van der Waals surface area contributed by atoms with Gasteiger partial charge in [-0.25, -0.2) is 0 Å². The van der Waals surface area contributed by atoms with Crippen LogP contribution in [0.25, 0.3) is 18.2 Å². The molecule has 0 amide bonds. The standard InChI is InChI=1S/C21H18N2O8.C11H11NO4.3C2H6/c24-18(25)16(19(26)27)9-12-1-5-14(6-2-12)22-11-23-15-7-3-13(4-8-15)10-17(20(28)29)21(30)31;1-12-8-4-2-7(3-5-8)6-9(10(13)14)11(15)16;3*1-2/h1-10,22-23H,11H2,(H,24,25)(H,26,27)(H,28,29)(H,30,31);2-6,12H,1H3,(H,13,14)(H,15,16);3*1-2H3/p-6. The Balaban J connectivity index is 0. The molecule has 0 aliphatic rings. The lowest BCUT2D eigenvalue weighted by atomic mass is 10.1. The maximum absolute atomic E-state index is 10.7. The first kappa shape index (κ1) is 48.2. The third-order valence-corrected chi connectivity index (χ3v) is 5.86. The molecule has 0 saturated carbocycles. The zero-order chi connectivity index (χ0) is 41.1. The van der Waals surface area contributed by atoms with Crippen LogP contribution in [-0.2, 0) is 28.8 Å². The number of benzene rings is 3. The van der Waals surface area contributed by atoms with Gasteiger partial charge in [-0.15, -0.1) is 0 Å². The fourth-order valence-electron chi connectivity index (χ4n) is 3.49. The Bertz CT molecular complexity index is 1590. The molecule has 0 unspecified atom stereocenters. The number of hydrogen-bond acceptors (Lipinski definition) is 15. The van der Waals surface area contributed by atoms with Crippen molar-refractivity contribution in [2.45, 2.75) is 41.5 Å². The number of rotatable bonds is 14. The number of hydrogen-bond donors (Lipinski definition) is 3. The molecule has 0 fully saturated rings. The van der Waals surface area contributed by atoms with E-state index in [-0.39, 0.29) is 6.67 Å². The predicted molar refractivity (Wildman–Crippen MR) is 189 cm³/mol. The third-order valence-electron chi connectivity index (χ3n) is 5.86. The van der Waals surface area contributed by atoms with E-state index in [1.165, 1.54) is 24.3 Å².